The Labute approximate surface area is 396 Å². The maximum atomic E-state index is 11.5. The number of hydrogen-bond donors (Lipinski definition) is 1. The number of aryl methyl sites for hydroxylation is 1. The van der Waals surface area contributed by atoms with Crippen molar-refractivity contribution in [1.82, 2.24) is 14.5 Å². The fraction of sp³-hybridized carbons (Fsp3) is 0.300. The molecule has 2 heterocycles. The van der Waals surface area contributed by atoms with Crippen molar-refractivity contribution in [3.63, 3.8) is 0 Å². The number of phenolic OH excluding ortho intramolecular Hbond substituents is 1. The summed E-state index contributed by atoms with van der Waals surface area (Å²) in [5.74, 6) is 0.329. The van der Waals surface area contributed by atoms with Crippen LogP contribution in [0.4, 0.5) is 0 Å². The lowest BCUT2D eigenvalue weighted by atomic mass is 9.68. The van der Waals surface area contributed by atoms with Crippen molar-refractivity contribution in [2.75, 3.05) is 0 Å². The van der Waals surface area contributed by atoms with E-state index in [9.17, 15) is 9.22 Å². The van der Waals surface area contributed by atoms with Gasteiger partial charge in [0.05, 0.1) is 33.5 Å². The van der Waals surface area contributed by atoms with Crippen LogP contribution in [0.3, 0.4) is 0 Å². The number of benzene rings is 6. The Balaban J connectivity index is 1.39. The quantitative estimate of drug-likeness (QED) is 0.133. The maximum absolute atomic E-state index is 11.5. The zero-order chi connectivity index (χ0) is 54.0. The average Bonchev–Trinajstić information content (AvgIpc) is 3.76. The van der Waals surface area contributed by atoms with Gasteiger partial charge in [-0.05, 0) is 160 Å². The Morgan fingerprint density at radius 2 is 1.27 bits per heavy atom. The molecule has 8 rings (SSSR count). The number of phenols is 1. The Bertz CT molecular complexity index is 3380. The molecular weight excluding hydrogens is 779 g/mol. The Morgan fingerprint density at radius 3 is 1.91 bits per heavy atom. The standard InChI is InChI=1S/C60H65N3O/c1-12-59(10,13-2)49-22-19-23-50(60(11,14-3)15-4)55(49)43-30-31-52(40(6)34-43)63-53-24-18-21-47(56(53)62-57(63)48-20-16-17-25-54(48)64)44-35-45(37-46(36-44)58(7,8)9)51-38-42(32-33-61-51)41-28-26-39(5)27-29-41/h16-38,64H,12-15H2,1-11H3/i5D3,6D3,26D,27D,28D,29D. The molecule has 0 amide bonds. The van der Waals surface area contributed by atoms with Crippen LogP contribution in [0.5, 0.6) is 5.75 Å². The van der Waals surface area contributed by atoms with Gasteiger partial charge in [0, 0.05) is 25.5 Å². The Hall–Kier alpha value is -6.26. The summed E-state index contributed by atoms with van der Waals surface area (Å²) in [4.78, 5) is 10.1. The molecular formula is C60H65N3O. The van der Waals surface area contributed by atoms with Gasteiger partial charge < -0.3 is 5.11 Å². The highest BCUT2D eigenvalue weighted by Gasteiger charge is 2.33. The summed E-state index contributed by atoms with van der Waals surface area (Å²) in [5, 5.41) is 11.5. The summed E-state index contributed by atoms with van der Waals surface area (Å²) >= 11 is 0. The minimum atomic E-state index is -2.84. The van der Waals surface area contributed by atoms with E-state index in [1.54, 1.807) is 30.3 Å². The van der Waals surface area contributed by atoms with Gasteiger partial charge in [0.1, 0.15) is 11.6 Å². The van der Waals surface area contributed by atoms with Crippen molar-refractivity contribution in [3.8, 4) is 67.5 Å². The number of aromatic hydroxyl groups is 1. The second kappa shape index (κ2) is 17.4. The number of imidazole rings is 1. The normalized spacial score (nSPS) is 15.0. The first-order chi connectivity index (χ1) is 34.7. The number of rotatable bonds is 12. The first-order valence-corrected chi connectivity index (χ1v) is 22.6. The van der Waals surface area contributed by atoms with Crippen molar-refractivity contribution >= 4 is 11.0 Å². The smallest absolute Gasteiger partial charge is 0.149 e. The van der Waals surface area contributed by atoms with Crippen LogP contribution < -0.4 is 0 Å². The average molecular weight is 854 g/mol. The van der Waals surface area contributed by atoms with Crippen LogP contribution in [0.25, 0.3) is 72.7 Å². The number of pyridine rings is 1. The fourth-order valence-electron chi connectivity index (χ4n) is 9.00. The molecule has 0 radical (unpaired) electrons. The molecule has 0 bridgehead atoms. The third kappa shape index (κ3) is 8.08. The van der Waals surface area contributed by atoms with Crippen LogP contribution in [0.15, 0.2) is 140 Å². The summed E-state index contributed by atoms with van der Waals surface area (Å²) in [6.07, 6.45) is 5.15. The molecule has 0 atom stereocenters. The number of fused-ring (bicyclic) bond motifs is 1. The second-order valence-electron chi connectivity index (χ2n) is 18.7. The minimum absolute atomic E-state index is 0.0224. The third-order valence-electron chi connectivity index (χ3n) is 13.9. The van der Waals surface area contributed by atoms with Gasteiger partial charge in [-0.1, -0.05) is 147 Å². The molecule has 8 aromatic rings. The van der Waals surface area contributed by atoms with Crippen LogP contribution in [0, 0.1) is 13.7 Å². The van der Waals surface area contributed by atoms with E-state index in [0.717, 1.165) is 53.5 Å². The SMILES string of the molecule is [2H]c1c([2H])c(C([2H])([2H])[2H])c([2H])c([2H])c1-c1ccnc(-c2cc(-c3cccc4c3nc(-c3ccccc3O)n4-c3ccc(-c4c(C(C)(CC)CC)cccc4C(C)(CC)CC)cc3C([2H])([2H])[2H])cc(C(C)(C)C)c2)c1. The number of nitrogens with zero attached hydrogens (tertiary/aromatic N) is 3. The van der Waals surface area contributed by atoms with Gasteiger partial charge >= 0.3 is 0 Å². The number of aromatic nitrogens is 3. The molecule has 0 fully saturated rings. The molecule has 64 heavy (non-hydrogen) atoms. The molecule has 4 nitrogen and oxygen atoms in total. The van der Waals surface area contributed by atoms with Crippen LogP contribution in [-0.2, 0) is 16.2 Å². The van der Waals surface area contributed by atoms with E-state index in [1.165, 1.54) is 17.3 Å². The molecule has 6 aromatic carbocycles. The van der Waals surface area contributed by atoms with E-state index in [1.807, 2.05) is 59.2 Å². The summed E-state index contributed by atoms with van der Waals surface area (Å²) in [6, 6.07) is 32.3. The molecule has 0 aliphatic rings. The first kappa shape index (κ1) is 33.3. The van der Waals surface area contributed by atoms with Gasteiger partial charge in [-0.25, -0.2) is 4.98 Å². The molecule has 326 valence electrons. The molecule has 0 saturated carbocycles. The largest absolute Gasteiger partial charge is 0.507 e. The van der Waals surface area contributed by atoms with Crippen LogP contribution in [-0.4, -0.2) is 19.6 Å². The van der Waals surface area contributed by atoms with Gasteiger partial charge in [0.25, 0.3) is 0 Å². The summed E-state index contributed by atoms with van der Waals surface area (Å²) < 4.78 is 88.0. The molecule has 0 unspecified atom stereocenters. The second-order valence-corrected chi connectivity index (χ2v) is 18.7. The lowest BCUT2D eigenvalue weighted by Gasteiger charge is -2.36. The minimum Gasteiger partial charge on any atom is -0.507 e. The first-order valence-electron chi connectivity index (χ1n) is 27.6. The molecule has 0 aliphatic carbocycles. The number of hydrogen-bond acceptors (Lipinski definition) is 3. The summed E-state index contributed by atoms with van der Waals surface area (Å²) in [6.45, 7) is 14.3. The van der Waals surface area contributed by atoms with E-state index in [-0.39, 0.29) is 33.1 Å². The van der Waals surface area contributed by atoms with Gasteiger partial charge in [0.15, 0.2) is 0 Å². The third-order valence-corrected chi connectivity index (χ3v) is 13.9. The topological polar surface area (TPSA) is 50.9 Å². The Kier molecular flexibility index (Phi) is 9.03. The Morgan fingerprint density at radius 1 is 0.609 bits per heavy atom. The van der Waals surface area contributed by atoms with Gasteiger partial charge in [-0.3, -0.25) is 9.55 Å². The van der Waals surface area contributed by atoms with E-state index in [2.05, 4.69) is 86.6 Å². The molecule has 1 N–H and O–H groups in total. The van der Waals surface area contributed by atoms with Crippen LogP contribution in [0.2, 0.25) is 0 Å². The van der Waals surface area contributed by atoms with Crippen molar-refractivity contribution in [3.05, 3.63) is 167 Å². The van der Waals surface area contributed by atoms with E-state index in [0.29, 0.717) is 44.9 Å². The van der Waals surface area contributed by atoms with E-state index >= 15 is 0 Å². The highest BCUT2D eigenvalue weighted by atomic mass is 16.3. The molecule has 0 aliphatic heterocycles. The van der Waals surface area contributed by atoms with E-state index < -0.39 is 43.4 Å². The molecule has 0 spiro atoms. The molecule has 4 heteroatoms. The molecule has 0 saturated heterocycles. The van der Waals surface area contributed by atoms with Crippen molar-refractivity contribution in [1.29, 1.82) is 0 Å². The highest BCUT2D eigenvalue weighted by Crippen LogP contribution is 2.47. The van der Waals surface area contributed by atoms with Gasteiger partial charge in [-0.15, -0.1) is 0 Å². The fourth-order valence-corrected chi connectivity index (χ4v) is 9.00. The number of para-hydroxylation sites is 2. The van der Waals surface area contributed by atoms with E-state index in [4.69, 9.17) is 19.6 Å². The predicted octanol–water partition coefficient (Wildman–Crippen LogP) is 16.5. The maximum Gasteiger partial charge on any atom is 0.149 e. The zero-order valence-corrected chi connectivity index (χ0v) is 38.6. The monoisotopic (exact) mass is 854 g/mol. The predicted molar refractivity (Wildman–Crippen MR) is 272 cm³/mol. The lowest BCUT2D eigenvalue weighted by molar-refractivity contribution is 0.426. The van der Waals surface area contributed by atoms with Crippen LogP contribution >= 0.6 is 0 Å². The summed E-state index contributed by atoms with van der Waals surface area (Å²) in [5.41, 5.74) is 8.97. The van der Waals surface area contributed by atoms with Crippen molar-refractivity contribution in [2.24, 2.45) is 0 Å². The van der Waals surface area contributed by atoms with Gasteiger partial charge in [0.2, 0.25) is 0 Å². The van der Waals surface area contributed by atoms with Crippen LogP contribution in [0.1, 0.15) is 130 Å². The zero-order valence-electron chi connectivity index (χ0n) is 48.6. The lowest BCUT2D eigenvalue weighted by Crippen LogP contribution is -2.25. The summed E-state index contributed by atoms with van der Waals surface area (Å²) in [7, 11) is 0. The molecule has 2 aromatic heterocycles. The van der Waals surface area contributed by atoms with Crippen molar-refractivity contribution in [2.45, 2.75) is 118 Å². The highest BCUT2D eigenvalue weighted by molar-refractivity contribution is 5.97. The van der Waals surface area contributed by atoms with Crippen molar-refractivity contribution < 1.29 is 18.8 Å². The van der Waals surface area contributed by atoms with Gasteiger partial charge in [-0.2, -0.15) is 0 Å².